The molecule has 2 saturated heterocycles. The van der Waals surface area contributed by atoms with Gasteiger partial charge in [-0.1, -0.05) is 5.10 Å². The van der Waals surface area contributed by atoms with Crippen molar-refractivity contribution >= 4 is 17.5 Å². The van der Waals surface area contributed by atoms with Crippen molar-refractivity contribution in [3.05, 3.63) is 72.8 Å². The Labute approximate surface area is 216 Å². The first kappa shape index (κ1) is 23.8. The molecule has 2 aromatic heterocycles. The summed E-state index contributed by atoms with van der Waals surface area (Å²) in [5, 5.41) is 17.6. The number of aromatic nitrogens is 6. The second-order valence-electron chi connectivity index (χ2n) is 8.97. The first-order chi connectivity index (χ1) is 18.5. The average molecular weight is 517 g/mol. The third-order valence-electron chi connectivity index (χ3n) is 6.52. The minimum atomic E-state index is -0.396. The van der Waals surface area contributed by atoms with Gasteiger partial charge in [0.1, 0.15) is 24.0 Å². The van der Waals surface area contributed by atoms with E-state index in [0.717, 1.165) is 5.69 Å². The number of rotatable bonds is 7. The van der Waals surface area contributed by atoms with E-state index in [2.05, 4.69) is 31.1 Å². The molecule has 2 aromatic carbocycles. The number of anilines is 1. The Morgan fingerprint density at radius 2 is 1.82 bits per heavy atom. The van der Waals surface area contributed by atoms with E-state index in [4.69, 9.17) is 14.2 Å². The summed E-state index contributed by atoms with van der Waals surface area (Å²) in [4.78, 5) is 28.1. The van der Waals surface area contributed by atoms with Gasteiger partial charge in [0.15, 0.2) is 5.78 Å². The number of urea groups is 1. The lowest BCUT2D eigenvalue weighted by Crippen LogP contribution is -2.45. The smallest absolute Gasteiger partial charge is 0.341 e. The summed E-state index contributed by atoms with van der Waals surface area (Å²) >= 11 is 0. The topological polar surface area (TPSA) is 147 Å². The van der Waals surface area contributed by atoms with Gasteiger partial charge in [-0.2, -0.15) is 4.68 Å². The number of Topliss-reactive ketones (excluding diaryl/α,β-unsaturated/α-hetero) is 1. The standard InChI is InChI=1S/C25H24N8O5/c1-15(34)16-2-4-17(5-3-16)27-24(35)28-20-12-36-23-21(13-37-22(20)23)33-25(29-30-31-33)38-19-8-6-18(7-9-19)32-11-10-26-14-32/h2-11,14,20-23H,12-13H2,1H3,(H2,27,28,35)/t20-,21-,22+,23+/m0/s1. The van der Waals surface area contributed by atoms with E-state index >= 15 is 0 Å². The van der Waals surface area contributed by atoms with Gasteiger partial charge in [0.05, 0.1) is 25.6 Å². The molecule has 2 fully saturated rings. The fraction of sp³-hybridized carbons (Fsp3) is 0.280. The number of ketones is 1. The van der Waals surface area contributed by atoms with E-state index < -0.39 is 6.03 Å². The number of nitrogens with one attached hydrogen (secondary N) is 2. The molecule has 13 heteroatoms. The number of hydrogen-bond donors (Lipinski definition) is 2. The molecule has 194 valence electrons. The lowest BCUT2D eigenvalue weighted by Gasteiger charge is -2.18. The molecule has 38 heavy (non-hydrogen) atoms. The van der Waals surface area contributed by atoms with Crippen LogP contribution in [0.25, 0.3) is 5.69 Å². The van der Waals surface area contributed by atoms with Crippen molar-refractivity contribution < 1.29 is 23.8 Å². The van der Waals surface area contributed by atoms with E-state index in [1.807, 2.05) is 35.0 Å². The normalized spacial score (nSPS) is 22.1. The van der Waals surface area contributed by atoms with E-state index in [1.54, 1.807) is 41.5 Å². The van der Waals surface area contributed by atoms with Crippen molar-refractivity contribution in [2.45, 2.75) is 31.2 Å². The zero-order valence-electron chi connectivity index (χ0n) is 20.3. The van der Waals surface area contributed by atoms with Crippen molar-refractivity contribution in [1.29, 1.82) is 0 Å². The molecular formula is C25H24N8O5. The first-order valence-electron chi connectivity index (χ1n) is 12.0. The molecule has 2 aliphatic heterocycles. The number of nitrogens with zero attached hydrogens (tertiary/aromatic N) is 6. The Hall–Kier alpha value is -4.62. The predicted octanol–water partition coefficient (Wildman–Crippen LogP) is 2.38. The van der Waals surface area contributed by atoms with Crippen LogP contribution in [0.1, 0.15) is 23.3 Å². The number of benzene rings is 2. The molecule has 0 bridgehead atoms. The number of carbonyl (C=O) groups is 2. The number of imidazole rings is 1. The zero-order valence-corrected chi connectivity index (χ0v) is 20.3. The highest BCUT2D eigenvalue weighted by Gasteiger charge is 2.50. The monoisotopic (exact) mass is 516 g/mol. The van der Waals surface area contributed by atoms with Crippen molar-refractivity contribution in [2.75, 3.05) is 18.5 Å². The van der Waals surface area contributed by atoms with Crippen LogP contribution in [0.3, 0.4) is 0 Å². The van der Waals surface area contributed by atoms with Crippen LogP contribution < -0.4 is 15.4 Å². The number of fused-ring (bicyclic) bond motifs is 1. The number of tetrazole rings is 1. The predicted molar refractivity (Wildman–Crippen MR) is 132 cm³/mol. The maximum absolute atomic E-state index is 12.6. The van der Waals surface area contributed by atoms with Crippen molar-refractivity contribution in [3.8, 4) is 17.4 Å². The van der Waals surface area contributed by atoms with Gasteiger partial charge in [-0.3, -0.25) is 4.79 Å². The maximum atomic E-state index is 12.6. The second kappa shape index (κ2) is 10.0. The zero-order chi connectivity index (χ0) is 26.1. The van der Waals surface area contributed by atoms with Gasteiger partial charge >= 0.3 is 12.0 Å². The molecular weight excluding hydrogens is 492 g/mol. The number of amides is 2. The first-order valence-corrected chi connectivity index (χ1v) is 12.0. The van der Waals surface area contributed by atoms with Crippen LogP contribution >= 0.6 is 0 Å². The molecule has 4 aromatic rings. The lowest BCUT2D eigenvalue weighted by atomic mass is 10.1. The highest BCUT2D eigenvalue weighted by Crippen LogP contribution is 2.36. The summed E-state index contributed by atoms with van der Waals surface area (Å²) in [6, 6.07) is 13.2. The minimum Gasteiger partial charge on any atom is -0.423 e. The van der Waals surface area contributed by atoms with Crippen LogP contribution in [-0.4, -0.2) is 73.0 Å². The molecule has 2 aliphatic rings. The highest BCUT2D eigenvalue weighted by molar-refractivity contribution is 5.95. The van der Waals surface area contributed by atoms with Crippen LogP contribution in [0, 0.1) is 0 Å². The molecule has 2 amide bonds. The molecule has 0 saturated carbocycles. The van der Waals surface area contributed by atoms with Crippen LogP contribution in [-0.2, 0) is 9.47 Å². The van der Waals surface area contributed by atoms with E-state index in [9.17, 15) is 9.59 Å². The largest absolute Gasteiger partial charge is 0.423 e. The van der Waals surface area contributed by atoms with E-state index in [0.29, 0.717) is 23.6 Å². The Morgan fingerprint density at radius 1 is 1.03 bits per heavy atom. The van der Waals surface area contributed by atoms with Crippen LogP contribution in [0.15, 0.2) is 67.3 Å². The summed E-state index contributed by atoms with van der Waals surface area (Å²) in [7, 11) is 0. The molecule has 4 heterocycles. The Bertz CT molecular complexity index is 1420. The fourth-order valence-electron chi connectivity index (χ4n) is 4.60. The lowest BCUT2D eigenvalue weighted by molar-refractivity contribution is 0.0613. The minimum absolute atomic E-state index is 0.0391. The Balaban J connectivity index is 1.08. The average Bonchev–Trinajstić information content (AvgIpc) is 3.72. The van der Waals surface area contributed by atoms with Crippen LogP contribution in [0.5, 0.6) is 11.8 Å². The summed E-state index contributed by atoms with van der Waals surface area (Å²) in [5.74, 6) is 0.531. The highest BCUT2D eigenvalue weighted by atomic mass is 16.6. The molecule has 2 N–H and O–H groups in total. The maximum Gasteiger partial charge on any atom is 0.341 e. The third kappa shape index (κ3) is 4.71. The van der Waals surface area contributed by atoms with Gasteiger partial charge in [-0.15, -0.1) is 0 Å². The van der Waals surface area contributed by atoms with Crippen LogP contribution in [0.2, 0.25) is 0 Å². The Morgan fingerprint density at radius 3 is 2.55 bits per heavy atom. The molecule has 0 radical (unpaired) electrons. The molecule has 0 aliphatic carbocycles. The van der Waals surface area contributed by atoms with Gasteiger partial charge in [0.25, 0.3) is 0 Å². The quantitative estimate of drug-likeness (QED) is 0.353. The number of carbonyl (C=O) groups excluding carboxylic acids is 2. The summed E-state index contributed by atoms with van der Waals surface area (Å²) in [6.07, 6.45) is 4.53. The molecule has 4 atom stereocenters. The van der Waals surface area contributed by atoms with Gasteiger partial charge in [0, 0.05) is 29.3 Å². The summed E-state index contributed by atoms with van der Waals surface area (Å²) < 4.78 is 21.4. The number of hydrogen-bond acceptors (Lipinski definition) is 9. The van der Waals surface area contributed by atoms with Gasteiger partial charge in [0.2, 0.25) is 0 Å². The number of ether oxygens (including phenoxy) is 3. The van der Waals surface area contributed by atoms with Crippen LogP contribution in [0.4, 0.5) is 10.5 Å². The summed E-state index contributed by atoms with van der Waals surface area (Å²) in [6.45, 7) is 2.06. The second-order valence-corrected chi connectivity index (χ2v) is 8.97. The van der Waals surface area contributed by atoms with Crippen molar-refractivity contribution in [3.63, 3.8) is 0 Å². The van der Waals surface area contributed by atoms with Crippen molar-refractivity contribution in [1.82, 2.24) is 35.1 Å². The van der Waals surface area contributed by atoms with Gasteiger partial charge < -0.3 is 29.4 Å². The molecule has 13 nitrogen and oxygen atoms in total. The SMILES string of the molecule is CC(=O)c1ccc(NC(=O)N[C@H]2CO[C@H]3[C@@H]2OC[C@@H]3n2nnnc2Oc2ccc(-n3ccnc3)cc2)cc1. The Kier molecular flexibility index (Phi) is 6.27. The van der Waals surface area contributed by atoms with E-state index in [1.165, 1.54) is 6.92 Å². The van der Waals surface area contributed by atoms with Gasteiger partial charge in [-0.25, -0.2) is 9.78 Å². The molecule has 0 unspecified atom stereocenters. The third-order valence-corrected chi connectivity index (χ3v) is 6.52. The van der Waals surface area contributed by atoms with E-state index in [-0.39, 0.29) is 42.7 Å². The molecule has 0 spiro atoms. The molecule has 6 rings (SSSR count). The van der Waals surface area contributed by atoms with Crippen molar-refractivity contribution in [2.24, 2.45) is 0 Å². The summed E-state index contributed by atoms with van der Waals surface area (Å²) in [5.41, 5.74) is 2.09. The van der Waals surface area contributed by atoms with Gasteiger partial charge in [-0.05, 0) is 65.9 Å². The fourth-order valence-corrected chi connectivity index (χ4v) is 4.60.